The van der Waals surface area contributed by atoms with E-state index in [4.69, 9.17) is 0 Å². The van der Waals surface area contributed by atoms with Crippen molar-refractivity contribution in [2.45, 2.75) is 31.2 Å². The lowest BCUT2D eigenvalue weighted by atomic mass is 10.1. The fourth-order valence-corrected chi connectivity index (χ4v) is 4.57. The zero-order valence-electron chi connectivity index (χ0n) is 15.8. The van der Waals surface area contributed by atoms with Crippen molar-refractivity contribution in [3.63, 3.8) is 0 Å². The van der Waals surface area contributed by atoms with E-state index in [1.54, 1.807) is 11.1 Å². The Morgan fingerprint density at radius 2 is 2.10 bits per heavy atom. The summed E-state index contributed by atoms with van der Waals surface area (Å²) in [7, 11) is -4.01. The molecule has 0 spiro atoms. The van der Waals surface area contributed by atoms with Crippen LogP contribution in [0.5, 0.6) is 0 Å². The number of nitrogens with zero attached hydrogens (tertiary/aromatic N) is 4. The van der Waals surface area contributed by atoms with Crippen molar-refractivity contribution in [3.8, 4) is 0 Å². The summed E-state index contributed by atoms with van der Waals surface area (Å²) in [5.74, 6) is -1.00. The maximum Gasteiger partial charge on any atom is 0.243 e. The average Bonchev–Trinajstić information content (AvgIpc) is 3.08. The van der Waals surface area contributed by atoms with E-state index in [2.05, 4.69) is 14.8 Å². The minimum absolute atomic E-state index is 0.0143. The first kappa shape index (κ1) is 19.5. The van der Waals surface area contributed by atoms with Crippen LogP contribution < -0.4 is 4.72 Å². The van der Waals surface area contributed by atoms with Crippen molar-refractivity contribution in [2.75, 3.05) is 13.1 Å². The lowest BCUT2D eigenvalue weighted by Gasteiger charge is -2.28. The van der Waals surface area contributed by atoms with Crippen LogP contribution in [0.4, 0.5) is 4.39 Å². The van der Waals surface area contributed by atoms with Gasteiger partial charge in [0, 0.05) is 50.3 Å². The maximum atomic E-state index is 13.7. The fourth-order valence-electron chi connectivity index (χ4n) is 3.46. The van der Waals surface area contributed by atoms with E-state index in [9.17, 15) is 17.6 Å². The van der Waals surface area contributed by atoms with Gasteiger partial charge in [0.1, 0.15) is 10.7 Å². The number of halogens is 1. The molecule has 0 fully saturated rings. The highest BCUT2D eigenvalue weighted by atomic mass is 32.2. The zero-order chi connectivity index (χ0) is 20.6. The Bertz CT molecular complexity index is 1190. The molecule has 1 amide bonds. The molecule has 10 heteroatoms. The molecule has 1 N–H and O–H groups in total. The minimum atomic E-state index is -4.01. The van der Waals surface area contributed by atoms with E-state index in [1.165, 1.54) is 18.2 Å². The number of hydrogen-bond acceptors (Lipinski definition) is 5. The number of sulfonamides is 1. The Labute approximate surface area is 167 Å². The van der Waals surface area contributed by atoms with Gasteiger partial charge in [-0.25, -0.2) is 27.0 Å². The minimum Gasteiger partial charge on any atom is -0.338 e. The van der Waals surface area contributed by atoms with Gasteiger partial charge in [-0.3, -0.25) is 4.79 Å². The van der Waals surface area contributed by atoms with Gasteiger partial charge in [0.25, 0.3) is 0 Å². The quantitative estimate of drug-likeness (QED) is 0.678. The summed E-state index contributed by atoms with van der Waals surface area (Å²) in [6, 6.07) is 7.03. The van der Waals surface area contributed by atoms with Crippen LogP contribution in [0, 0.1) is 12.7 Å². The first-order valence-corrected chi connectivity index (χ1v) is 10.7. The summed E-state index contributed by atoms with van der Waals surface area (Å²) in [5, 5.41) is 4.45. The van der Waals surface area contributed by atoms with E-state index in [0.717, 1.165) is 28.7 Å². The summed E-state index contributed by atoms with van der Waals surface area (Å²) in [6.45, 7) is 2.72. The number of benzene rings is 1. The van der Waals surface area contributed by atoms with Crippen molar-refractivity contribution in [2.24, 2.45) is 0 Å². The summed E-state index contributed by atoms with van der Waals surface area (Å²) in [4.78, 5) is 18.2. The van der Waals surface area contributed by atoms with E-state index >= 15 is 0 Å². The maximum absolute atomic E-state index is 13.7. The largest absolute Gasteiger partial charge is 0.338 e. The second kappa shape index (κ2) is 7.53. The first-order chi connectivity index (χ1) is 13.8. The van der Waals surface area contributed by atoms with Crippen LogP contribution in [-0.2, 0) is 27.8 Å². The average molecular weight is 417 g/mol. The molecule has 1 aliphatic heterocycles. The van der Waals surface area contributed by atoms with Crippen molar-refractivity contribution >= 4 is 21.6 Å². The van der Waals surface area contributed by atoms with Crippen LogP contribution in [0.1, 0.15) is 23.4 Å². The highest BCUT2D eigenvalue weighted by Gasteiger charge is 2.24. The molecule has 1 aromatic carbocycles. The number of aromatic nitrogens is 3. The molecule has 29 heavy (non-hydrogen) atoms. The van der Waals surface area contributed by atoms with E-state index in [1.807, 2.05) is 17.5 Å². The summed E-state index contributed by atoms with van der Waals surface area (Å²) >= 11 is 0. The Balaban J connectivity index is 1.39. The van der Waals surface area contributed by atoms with E-state index in [0.29, 0.717) is 19.5 Å². The number of fused-ring (bicyclic) bond motifs is 3. The number of aryl methyl sites for hydroxylation is 1. The molecular formula is C19H20FN5O3S. The highest BCUT2D eigenvalue weighted by molar-refractivity contribution is 7.89. The highest BCUT2D eigenvalue weighted by Crippen LogP contribution is 2.20. The molecule has 0 radical (unpaired) electrons. The van der Waals surface area contributed by atoms with Crippen molar-refractivity contribution < 1.29 is 17.6 Å². The first-order valence-electron chi connectivity index (χ1n) is 9.20. The van der Waals surface area contributed by atoms with Gasteiger partial charge in [0.2, 0.25) is 15.9 Å². The van der Waals surface area contributed by atoms with Crippen LogP contribution in [0.25, 0.3) is 5.65 Å². The number of carbonyl (C=O) groups excluding carboxylic acids is 1. The van der Waals surface area contributed by atoms with Crippen LogP contribution in [0.15, 0.2) is 41.4 Å². The van der Waals surface area contributed by atoms with Gasteiger partial charge in [-0.15, -0.1) is 0 Å². The van der Waals surface area contributed by atoms with Gasteiger partial charge >= 0.3 is 0 Å². The van der Waals surface area contributed by atoms with Crippen LogP contribution in [0.3, 0.4) is 0 Å². The summed E-state index contributed by atoms with van der Waals surface area (Å²) in [6.07, 6.45) is 2.38. The third-order valence-corrected chi connectivity index (χ3v) is 6.38. The van der Waals surface area contributed by atoms with E-state index < -0.39 is 20.7 Å². The Hall–Kier alpha value is -2.85. The molecule has 4 rings (SSSR count). The molecule has 0 atom stereocenters. The van der Waals surface area contributed by atoms with E-state index in [-0.39, 0.29) is 18.9 Å². The van der Waals surface area contributed by atoms with Gasteiger partial charge in [-0.05, 0) is 19.1 Å². The van der Waals surface area contributed by atoms with Gasteiger partial charge in [-0.1, -0.05) is 12.1 Å². The number of hydrogen-bond donors (Lipinski definition) is 1. The SMILES string of the molecule is Cc1cc2ncc3c(n2n1)CCN(C(=O)CCNS(=O)(=O)c1ccccc1F)C3. The molecular weight excluding hydrogens is 397 g/mol. The number of amides is 1. The van der Waals surface area contributed by atoms with Gasteiger partial charge in [0.05, 0.1) is 11.4 Å². The zero-order valence-corrected chi connectivity index (χ0v) is 16.6. The Kier molecular flexibility index (Phi) is 5.05. The second-order valence-corrected chi connectivity index (χ2v) is 8.66. The molecule has 152 valence electrons. The second-order valence-electron chi connectivity index (χ2n) is 6.93. The molecule has 2 aromatic heterocycles. The smallest absolute Gasteiger partial charge is 0.243 e. The summed E-state index contributed by atoms with van der Waals surface area (Å²) in [5.41, 5.74) is 3.62. The van der Waals surface area contributed by atoms with Crippen LogP contribution in [-0.4, -0.2) is 46.9 Å². The molecule has 0 aliphatic carbocycles. The third kappa shape index (κ3) is 3.85. The molecule has 0 saturated carbocycles. The van der Waals surface area contributed by atoms with Crippen molar-refractivity contribution in [3.05, 3.63) is 59.3 Å². The number of carbonyl (C=O) groups is 1. The topological polar surface area (TPSA) is 96.7 Å². The monoisotopic (exact) mass is 417 g/mol. The molecule has 8 nitrogen and oxygen atoms in total. The van der Waals surface area contributed by atoms with Crippen LogP contribution >= 0.6 is 0 Å². The number of rotatable bonds is 5. The molecule has 3 aromatic rings. The fraction of sp³-hybridized carbons (Fsp3) is 0.316. The lowest BCUT2D eigenvalue weighted by molar-refractivity contribution is -0.132. The number of nitrogens with one attached hydrogen (secondary N) is 1. The molecule has 0 saturated heterocycles. The molecule has 3 heterocycles. The Morgan fingerprint density at radius 3 is 2.90 bits per heavy atom. The predicted molar refractivity (Wildman–Crippen MR) is 103 cm³/mol. The third-order valence-electron chi connectivity index (χ3n) is 4.88. The van der Waals surface area contributed by atoms with Crippen molar-refractivity contribution in [1.82, 2.24) is 24.2 Å². The van der Waals surface area contributed by atoms with Crippen LogP contribution in [0.2, 0.25) is 0 Å². The predicted octanol–water partition coefficient (Wildman–Crippen LogP) is 1.43. The molecule has 0 bridgehead atoms. The van der Waals surface area contributed by atoms with Gasteiger partial charge < -0.3 is 4.90 Å². The Morgan fingerprint density at radius 1 is 1.31 bits per heavy atom. The standard InChI is InChI=1S/C19H20FN5O3S/c1-13-10-18-21-11-14-12-24(9-7-16(14)25(18)23-13)19(26)6-8-22-29(27,28)17-5-3-2-4-15(17)20/h2-5,10-11,22H,6-9,12H2,1H3. The normalized spacial score (nSPS) is 14.2. The lowest BCUT2D eigenvalue weighted by Crippen LogP contribution is -2.38. The van der Waals surface area contributed by atoms with Gasteiger partial charge in [-0.2, -0.15) is 5.10 Å². The van der Waals surface area contributed by atoms with Crippen molar-refractivity contribution in [1.29, 1.82) is 0 Å². The summed E-state index contributed by atoms with van der Waals surface area (Å²) < 4.78 is 42.2. The molecule has 1 aliphatic rings. The van der Waals surface area contributed by atoms with Gasteiger partial charge in [0.15, 0.2) is 5.65 Å². The molecule has 0 unspecified atom stereocenters.